The maximum absolute atomic E-state index is 12.9. The lowest BCUT2D eigenvalue weighted by Crippen LogP contribution is -2.55. The third kappa shape index (κ3) is 3.12. The molecule has 1 aromatic carbocycles. The lowest BCUT2D eigenvalue weighted by atomic mass is 10.00. The molecule has 0 atom stereocenters. The molecule has 1 amide bonds. The highest BCUT2D eigenvalue weighted by atomic mass is 19.4. The summed E-state index contributed by atoms with van der Waals surface area (Å²) in [6, 6.07) is 3.24. The van der Waals surface area contributed by atoms with Gasteiger partial charge in [0, 0.05) is 17.8 Å². The monoisotopic (exact) mass is 302 g/mol. The molecular weight excluding hydrogens is 285 g/mol. The molecule has 0 saturated carbocycles. The van der Waals surface area contributed by atoms with Crippen LogP contribution in [0, 0.1) is 0 Å². The van der Waals surface area contributed by atoms with E-state index in [0.29, 0.717) is 19.8 Å². The second-order valence-corrected chi connectivity index (χ2v) is 5.62. The Morgan fingerprint density at radius 3 is 2.62 bits per heavy atom. The highest BCUT2D eigenvalue weighted by molar-refractivity contribution is 5.95. The number of nitrogens with zero attached hydrogens (tertiary/aromatic N) is 1. The Balaban J connectivity index is 2.36. The van der Waals surface area contributed by atoms with Crippen LogP contribution in [-0.4, -0.2) is 36.1 Å². The molecule has 1 aliphatic heterocycles. The molecule has 21 heavy (non-hydrogen) atoms. The number of hydrogen-bond donors (Lipinski definition) is 1. The molecule has 2 rings (SSSR count). The molecule has 1 aromatic rings. The molecule has 0 radical (unpaired) electrons. The lowest BCUT2D eigenvalue weighted by molar-refractivity contribution is -0.136. The van der Waals surface area contributed by atoms with Crippen LogP contribution >= 0.6 is 0 Å². The number of ether oxygens (including phenoxy) is 1. The summed E-state index contributed by atoms with van der Waals surface area (Å²) in [6.45, 7) is 4.69. The van der Waals surface area contributed by atoms with E-state index in [0.717, 1.165) is 12.1 Å². The number of morpholine rings is 1. The zero-order chi connectivity index (χ0) is 15.8. The van der Waals surface area contributed by atoms with Crippen LogP contribution in [0.1, 0.15) is 29.8 Å². The fourth-order valence-electron chi connectivity index (χ4n) is 2.33. The second kappa shape index (κ2) is 5.22. The standard InChI is InChI=1S/C14H17F3N2O2/c1-13(2)8-21-6-5-19(13)12(20)9-3-4-11(18)10(7-9)14(15,16)17/h3-4,7H,5-6,8,18H2,1-2H3. The van der Waals surface area contributed by atoms with Crippen LogP contribution in [0.2, 0.25) is 0 Å². The van der Waals surface area contributed by atoms with E-state index in [1.807, 2.05) is 13.8 Å². The molecule has 116 valence electrons. The van der Waals surface area contributed by atoms with E-state index < -0.39 is 23.2 Å². The molecule has 2 N–H and O–H groups in total. The van der Waals surface area contributed by atoms with E-state index in [4.69, 9.17) is 10.5 Å². The number of alkyl halides is 3. The predicted molar refractivity (Wildman–Crippen MR) is 71.8 cm³/mol. The third-order valence-corrected chi connectivity index (χ3v) is 3.50. The summed E-state index contributed by atoms with van der Waals surface area (Å²) in [4.78, 5) is 14.0. The number of amides is 1. The maximum Gasteiger partial charge on any atom is 0.418 e. The van der Waals surface area contributed by atoms with Crippen molar-refractivity contribution in [3.63, 3.8) is 0 Å². The highest BCUT2D eigenvalue weighted by Gasteiger charge is 2.37. The molecule has 1 aliphatic rings. The SMILES string of the molecule is CC1(C)COCCN1C(=O)c1ccc(N)c(C(F)(F)F)c1. The van der Waals surface area contributed by atoms with E-state index >= 15 is 0 Å². The van der Waals surface area contributed by atoms with Gasteiger partial charge in [0.2, 0.25) is 0 Å². The molecule has 1 heterocycles. The normalized spacial score (nSPS) is 18.6. The average Bonchev–Trinajstić information content (AvgIpc) is 2.36. The zero-order valence-electron chi connectivity index (χ0n) is 11.8. The van der Waals surface area contributed by atoms with Crippen LogP contribution in [0.5, 0.6) is 0 Å². The van der Waals surface area contributed by atoms with Gasteiger partial charge in [-0.3, -0.25) is 4.79 Å². The number of nitrogen functional groups attached to an aromatic ring is 1. The van der Waals surface area contributed by atoms with Gasteiger partial charge in [0.25, 0.3) is 5.91 Å². The van der Waals surface area contributed by atoms with Crippen molar-refractivity contribution in [2.24, 2.45) is 0 Å². The topological polar surface area (TPSA) is 55.6 Å². The van der Waals surface area contributed by atoms with Gasteiger partial charge in [-0.1, -0.05) is 0 Å². The average molecular weight is 302 g/mol. The minimum atomic E-state index is -4.58. The molecule has 7 heteroatoms. The molecule has 0 aromatic heterocycles. The van der Waals surface area contributed by atoms with Crippen molar-refractivity contribution in [1.29, 1.82) is 0 Å². The number of carbonyl (C=O) groups is 1. The summed E-state index contributed by atoms with van der Waals surface area (Å²) in [5.74, 6) is -0.450. The number of carbonyl (C=O) groups excluding carboxylic acids is 1. The molecule has 0 bridgehead atoms. The van der Waals surface area contributed by atoms with Crippen LogP contribution in [0.3, 0.4) is 0 Å². The van der Waals surface area contributed by atoms with E-state index in [-0.39, 0.29) is 11.3 Å². The molecule has 0 spiro atoms. The first-order valence-corrected chi connectivity index (χ1v) is 6.49. The zero-order valence-corrected chi connectivity index (χ0v) is 11.8. The quantitative estimate of drug-likeness (QED) is 0.811. The molecular formula is C14H17F3N2O2. The van der Waals surface area contributed by atoms with Gasteiger partial charge in [0.15, 0.2) is 0 Å². The van der Waals surface area contributed by atoms with Crippen LogP contribution in [0.4, 0.5) is 18.9 Å². The Morgan fingerprint density at radius 2 is 2.05 bits per heavy atom. The maximum atomic E-state index is 12.9. The van der Waals surface area contributed by atoms with Crippen LogP contribution in [0.25, 0.3) is 0 Å². The third-order valence-electron chi connectivity index (χ3n) is 3.50. The van der Waals surface area contributed by atoms with Gasteiger partial charge in [-0.15, -0.1) is 0 Å². The minimum Gasteiger partial charge on any atom is -0.398 e. The van der Waals surface area contributed by atoms with Crippen molar-refractivity contribution in [2.75, 3.05) is 25.5 Å². The fraction of sp³-hybridized carbons (Fsp3) is 0.500. The van der Waals surface area contributed by atoms with Crippen molar-refractivity contribution < 1.29 is 22.7 Å². The Kier molecular flexibility index (Phi) is 3.88. The Morgan fingerprint density at radius 1 is 1.38 bits per heavy atom. The number of hydrogen-bond acceptors (Lipinski definition) is 3. The van der Waals surface area contributed by atoms with Crippen LogP contribution in [-0.2, 0) is 10.9 Å². The Labute approximate surface area is 120 Å². The Hall–Kier alpha value is -1.76. The first kappa shape index (κ1) is 15.6. The van der Waals surface area contributed by atoms with Crippen molar-refractivity contribution in [3.05, 3.63) is 29.3 Å². The van der Waals surface area contributed by atoms with Gasteiger partial charge < -0.3 is 15.4 Å². The molecule has 0 aliphatic carbocycles. The summed E-state index contributed by atoms with van der Waals surface area (Å²) < 4.78 is 43.9. The summed E-state index contributed by atoms with van der Waals surface area (Å²) in [6.07, 6.45) is -4.58. The smallest absolute Gasteiger partial charge is 0.398 e. The fourth-order valence-corrected chi connectivity index (χ4v) is 2.33. The van der Waals surface area contributed by atoms with E-state index in [9.17, 15) is 18.0 Å². The molecule has 4 nitrogen and oxygen atoms in total. The number of anilines is 1. The predicted octanol–water partition coefficient (Wildman–Crippen LogP) is 2.54. The summed E-state index contributed by atoms with van der Waals surface area (Å²) in [7, 11) is 0. The van der Waals surface area contributed by atoms with Crippen molar-refractivity contribution in [2.45, 2.75) is 25.6 Å². The van der Waals surface area contributed by atoms with Crippen molar-refractivity contribution >= 4 is 11.6 Å². The number of nitrogens with two attached hydrogens (primary N) is 1. The Bertz CT molecular complexity index is 556. The summed E-state index contributed by atoms with van der Waals surface area (Å²) in [5, 5.41) is 0. The van der Waals surface area contributed by atoms with Gasteiger partial charge in [-0.05, 0) is 32.0 Å². The molecule has 1 saturated heterocycles. The first-order chi connectivity index (χ1) is 9.63. The van der Waals surface area contributed by atoms with Gasteiger partial charge in [-0.2, -0.15) is 13.2 Å². The van der Waals surface area contributed by atoms with Crippen molar-refractivity contribution in [3.8, 4) is 0 Å². The molecule has 1 fully saturated rings. The van der Waals surface area contributed by atoms with Crippen LogP contribution < -0.4 is 5.73 Å². The van der Waals surface area contributed by atoms with Gasteiger partial charge in [0.1, 0.15) is 0 Å². The van der Waals surface area contributed by atoms with E-state index in [2.05, 4.69) is 0 Å². The lowest BCUT2D eigenvalue weighted by Gasteiger charge is -2.42. The number of halogens is 3. The second-order valence-electron chi connectivity index (χ2n) is 5.62. The van der Waals surface area contributed by atoms with E-state index in [1.54, 1.807) is 0 Å². The number of rotatable bonds is 1. The van der Waals surface area contributed by atoms with E-state index in [1.165, 1.54) is 11.0 Å². The largest absolute Gasteiger partial charge is 0.418 e. The van der Waals surface area contributed by atoms with Crippen LogP contribution in [0.15, 0.2) is 18.2 Å². The van der Waals surface area contributed by atoms with Gasteiger partial charge >= 0.3 is 6.18 Å². The van der Waals surface area contributed by atoms with Gasteiger partial charge in [-0.25, -0.2) is 0 Å². The highest BCUT2D eigenvalue weighted by Crippen LogP contribution is 2.34. The first-order valence-electron chi connectivity index (χ1n) is 6.49. The summed E-state index contributed by atoms with van der Waals surface area (Å²) >= 11 is 0. The summed E-state index contributed by atoms with van der Waals surface area (Å²) in [5.41, 5.74) is 3.39. The number of benzene rings is 1. The van der Waals surface area contributed by atoms with Crippen molar-refractivity contribution in [1.82, 2.24) is 4.90 Å². The van der Waals surface area contributed by atoms with Gasteiger partial charge in [0.05, 0.1) is 24.3 Å². The minimum absolute atomic E-state index is 0.0218. The molecule has 0 unspecified atom stereocenters.